The van der Waals surface area contributed by atoms with Crippen LogP contribution in [0.2, 0.25) is 0 Å². The van der Waals surface area contributed by atoms with Gasteiger partial charge in [0.15, 0.2) is 0 Å². The fraction of sp³-hybridized carbons (Fsp3) is 0.538. The molecule has 3 heteroatoms. The molecule has 88 valence electrons. The largest absolute Gasteiger partial charge is 0.492 e. The van der Waals surface area contributed by atoms with Crippen LogP contribution >= 0.6 is 0 Å². The summed E-state index contributed by atoms with van der Waals surface area (Å²) in [6.45, 7) is 4.91. The van der Waals surface area contributed by atoms with Crippen LogP contribution in [0, 0.1) is 5.92 Å². The molecule has 0 aliphatic carbocycles. The minimum Gasteiger partial charge on any atom is -0.492 e. The SMILES string of the molecule is CCOc1ccccc1N1CCC(CO)C1. The third-order valence-corrected chi connectivity index (χ3v) is 3.05. The van der Waals surface area contributed by atoms with E-state index >= 15 is 0 Å². The van der Waals surface area contributed by atoms with Crippen LogP contribution < -0.4 is 9.64 Å². The Hall–Kier alpha value is -1.22. The highest BCUT2D eigenvalue weighted by Gasteiger charge is 2.23. The highest BCUT2D eigenvalue weighted by molar-refractivity contribution is 5.59. The van der Waals surface area contributed by atoms with Crippen LogP contribution in [0.1, 0.15) is 13.3 Å². The van der Waals surface area contributed by atoms with Crippen molar-refractivity contribution in [3.8, 4) is 5.75 Å². The maximum atomic E-state index is 9.15. The molecule has 1 aromatic carbocycles. The molecule has 1 heterocycles. The van der Waals surface area contributed by atoms with Crippen LogP contribution in [-0.4, -0.2) is 31.4 Å². The summed E-state index contributed by atoms with van der Waals surface area (Å²) in [6.07, 6.45) is 1.07. The van der Waals surface area contributed by atoms with Gasteiger partial charge in [-0.25, -0.2) is 0 Å². The highest BCUT2D eigenvalue weighted by atomic mass is 16.5. The second-order valence-electron chi connectivity index (χ2n) is 4.18. The third kappa shape index (κ3) is 2.30. The van der Waals surface area contributed by atoms with Crippen LogP contribution in [0.25, 0.3) is 0 Å². The lowest BCUT2D eigenvalue weighted by molar-refractivity contribution is 0.238. The summed E-state index contributed by atoms with van der Waals surface area (Å²) in [5, 5.41) is 9.15. The van der Waals surface area contributed by atoms with Crippen molar-refractivity contribution < 1.29 is 9.84 Å². The minimum atomic E-state index is 0.285. The summed E-state index contributed by atoms with van der Waals surface area (Å²) < 4.78 is 5.61. The van der Waals surface area contributed by atoms with Gasteiger partial charge in [0, 0.05) is 25.6 Å². The van der Waals surface area contributed by atoms with Gasteiger partial charge in [-0.2, -0.15) is 0 Å². The summed E-state index contributed by atoms with van der Waals surface area (Å²) >= 11 is 0. The Morgan fingerprint density at radius 2 is 2.25 bits per heavy atom. The normalized spacial score (nSPS) is 20.1. The van der Waals surface area contributed by atoms with Crippen molar-refractivity contribution in [1.82, 2.24) is 0 Å². The van der Waals surface area contributed by atoms with Crippen LogP contribution in [0.5, 0.6) is 5.75 Å². The Balaban J connectivity index is 2.14. The Bertz CT molecular complexity index is 340. The van der Waals surface area contributed by atoms with Crippen LogP contribution in [-0.2, 0) is 0 Å². The van der Waals surface area contributed by atoms with Gasteiger partial charge in [-0.15, -0.1) is 0 Å². The van der Waals surface area contributed by atoms with E-state index in [4.69, 9.17) is 9.84 Å². The summed E-state index contributed by atoms with van der Waals surface area (Å²) in [5.41, 5.74) is 1.15. The molecule has 1 aliphatic heterocycles. The molecule has 0 saturated carbocycles. The number of para-hydroxylation sites is 2. The minimum absolute atomic E-state index is 0.285. The molecule has 1 atom stereocenters. The van der Waals surface area contributed by atoms with Gasteiger partial charge in [-0.1, -0.05) is 12.1 Å². The van der Waals surface area contributed by atoms with E-state index in [1.807, 2.05) is 25.1 Å². The first kappa shape index (κ1) is 11.3. The zero-order valence-corrected chi connectivity index (χ0v) is 9.72. The molecule has 1 N–H and O–H groups in total. The number of aliphatic hydroxyl groups excluding tert-OH is 1. The molecule has 0 amide bonds. The number of ether oxygens (including phenoxy) is 1. The Labute approximate surface area is 96.6 Å². The van der Waals surface area contributed by atoms with Crippen LogP contribution in [0.3, 0.4) is 0 Å². The topological polar surface area (TPSA) is 32.7 Å². The zero-order chi connectivity index (χ0) is 11.4. The number of benzene rings is 1. The molecule has 0 aromatic heterocycles. The van der Waals surface area contributed by atoms with Crippen molar-refractivity contribution in [1.29, 1.82) is 0 Å². The van der Waals surface area contributed by atoms with E-state index in [1.165, 1.54) is 0 Å². The van der Waals surface area contributed by atoms with E-state index in [1.54, 1.807) is 0 Å². The van der Waals surface area contributed by atoms with Crippen LogP contribution in [0.4, 0.5) is 5.69 Å². The first-order chi connectivity index (χ1) is 7.85. The standard InChI is InChI=1S/C13H19NO2/c1-2-16-13-6-4-3-5-12(13)14-8-7-11(9-14)10-15/h3-6,11,15H,2,7-10H2,1H3. The van der Waals surface area contributed by atoms with E-state index < -0.39 is 0 Å². The van der Waals surface area contributed by atoms with Crippen molar-refractivity contribution in [2.24, 2.45) is 5.92 Å². The predicted molar refractivity (Wildman–Crippen MR) is 65.0 cm³/mol. The number of hydrogen-bond donors (Lipinski definition) is 1. The highest BCUT2D eigenvalue weighted by Crippen LogP contribution is 2.31. The molecule has 0 radical (unpaired) electrons. The first-order valence-electron chi connectivity index (χ1n) is 5.92. The zero-order valence-electron chi connectivity index (χ0n) is 9.72. The lowest BCUT2D eigenvalue weighted by atomic mass is 10.1. The van der Waals surface area contributed by atoms with Crippen LogP contribution in [0.15, 0.2) is 24.3 Å². The number of anilines is 1. The average Bonchev–Trinajstić information content (AvgIpc) is 2.79. The van der Waals surface area contributed by atoms with Crippen molar-refractivity contribution in [3.05, 3.63) is 24.3 Å². The molecule has 1 fully saturated rings. The maximum absolute atomic E-state index is 9.15. The predicted octanol–water partition coefficient (Wildman–Crippen LogP) is 1.90. The number of hydrogen-bond acceptors (Lipinski definition) is 3. The molecular weight excluding hydrogens is 202 g/mol. The first-order valence-corrected chi connectivity index (χ1v) is 5.92. The van der Waals surface area contributed by atoms with E-state index in [9.17, 15) is 0 Å². The Kier molecular flexibility index (Phi) is 3.67. The van der Waals surface area contributed by atoms with Crippen molar-refractivity contribution >= 4 is 5.69 Å². The molecule has 0 spiro atoms. The van der Waals surface area contributed by atoms with Gasteiger partial charge in [0.05, 0.1) is 12.3 Å². The quantitative estimate of drug-likeness (QED) is 0.843. The third-order valence-electron chi connectivity index (χ3n) is 3.05. The van der Waals surface area contributed by atoms with Gasteiger partial charge in [-0.05, 0) is 25.5 Å². The smallest absolute Gasteiger partial charge is 0.142 e. The van der Waals surface area contributed by atoms with Gasteiger partial charge in [0.2, 0.25) is 0 Å². The van der Waals surface area contributed by atoms with Crippen molar-refractivity contribution in [2.45, 2.75) is 13.3 Å². The van der Waals surface area contributed by atoms with E-state index in [0.717, 1.165) is 30.9 Å². The summed E-state index contributed by atoms with van der Waals surface area (Å²) in [4.78, 5) is 2.30. The lowest BCUT2D eigenvalue weighted by Crippen LogP contribution is -2.21. The Morgan fingerprint density at radius 3 is 2.94 bits per heavy atom. The van der Waals surface area contributed by atoms with Gasteiger partial charge in [0.1, 0.15) is 5.75 Å². The molecule has 1 aliphatic rings. The molecule has 0 bridgehead atoms. The molecule has 16 heavy (non-hydrogen) atoms. The van der Waals surface area contributed by atoms with Gasteiger partial charge in [0.25, 0.3) is 0 Å². The summed E-state index contributed by atoms with van der Waals surface area (Å²) in [7, 11) is 0. The van der Waals surface area contributed by atoms with E-state index in [2.05, 4.69) is 11.0 Å². The Morgan fingerprint density at radius 1 is 1.44 bits per heavy atom. The fourth-order valence-electron chi connectivity index (χ4n) is 2.20. The number of rotatable bonds is 4. The second kappa shape index (κ2) is 5.21. The second-order valence-corrected chi connectivity index (χ2v) is 4.18. The number of nitrogens with zero attached hydrogens (tertiary/aromatic N) is 1. The maximum Gasteiger partial charge on any atom is 0.142 e. The fourth-order valence-corrected chi connectivity index (χ4v) is 2.20. The van der Waals surface area contributed by atoms with Crippen molar-refractivity contribution in [2.75, 3.05) is 31.2 Å². The van der Waals surface area contributed by atoms with Gasteiger partial charge in [-0.3, -0.25) is 0 Å². The van der Waals surface area contributed by atoms with Gasteiger partial charge < -0.3 is 14.7 Å². The lowest BCUT2D eigenvalue weighted by Gasteiger charge is -2.21. The molecule has 1 unspecified atom stereocenters. The summed E-state index contributed by atoms with van der Waals surface area (Å²) in [6, 6.07) is 8.12. The van der Waals surface area contributed by atoms with E-state index in [0.29, 0.717) is 12.5 Å². The molecule has 3 nitrogen and oxygen atoms in total. The van der Waals surface area contributed by atoms with Gasteiger partial charge >= 0.3 is 0 Å². The van der Waals surface area contributed by atoms with E-state index in [-0.39, 0.29) is 6.61 Å². The average molecular weight is 221 g/mol. The summed E-state index contributed by atoms with van der Waals surface area (Å²) in [5.74, 6) is 1.36. The number of aliphatic hydroxyl groups is 1. The molecule has 1 saturated heterocycles. The molecular formula is C13H19NO2. The molecule has 1 aromatic rings. The molecule has 2 rings (SSSR count). The monoisotopic (exact) mass is 221 g/mol. The van der Waals surface area contributed by atoms with Crippen molar-refractivity contribution in [3.63, 3.8) is 0 Å².